The first-order valence-corrected chi connectivity index (χ1v) is 4.53. The first-order chi connectivity index (χ1) is 5.11. The van der Waals surface area contributed by atoms with Gasteiger partial charge in [-0.1, -0.05) is 15.9 Å². The molecule has 0 saturated carbocycles. The highest BCUT2D eigenvalue weighted by Gasteiger charge is 1.96. The molecule has 0 bridgehead atoms. The molecule has 54 valence electrons. The minimum Gasteiger partial charge on any atom is -0.392 e. The van der Waals surface area contributed by atoms with Gasteiger partial charge in [-0.15, -0.1) is 0 Å². The first kappa shape index (κ1) is 7.06. The second kappa shape index (κ2) is 3.69. The van der Waals surface area contributed by atoms with Crippen molar-refractivity contribution in [2.24, 2.45) is 0 Å². The van der Waals surface area contributed by atoms with E-state index < -0.39 is 6.58 Å². The fourth-order valence-corrected chi connectivity index (χ4v) is 1.47. The zero-order valence-electron chi connectivity index (χ0n) is 6.01. The van der Waals surface area contributed by atoms with Crippen LogP contribution < -0.4 is 0 Å². The lowest BCUT2D eigenvalue weighted by Crippen LogP contribution is -1.86. The fraction of sp³-hybridized carbons (Fsp3) is 0.143. The molecule has 1 aromatic rings. The van der Waals surface area contributed by atoms with Crippen molar-refractivity contribution < 1.29 is 6.48 Å². The van der Waals surface area contributed by atoms with Crippen molar-refractivity contribution in [2.75, 3.05) is 0 Å². The second-order valence-corrected chi connectivity index (χ2v) is 3.87. The molecule has 0 aromatic heterocycles. The Morgan fingerprint density at radius 3 is 2.90 bits per heavy atom. The Morgan fingerprint density at radius 2 is 2.40 bits per heavy atom. The Morgan fingerprint density at radius 1 is 1.70 bits per heavy atom. The van der Waals surface area contributed by atoms with Crippen molar-refractivity contribution >= 4 is 38.5 Å². The summed E-state index contributed by atoms with van der Waals surface area (Å²) in [5.74, 6) is 0. The molecule has 1 rings (SSSR count). The zero-order valence-corrected chi connectivity index (χ0v) is 8.76. The van der Waals surface area contributed by atoms with Gasteiger partial charge in [0.25, 0.3) is 0 Å². The van der Waals surface area contributed by atoms with Crippen LogP contribution in [-0.4, -0.2) is 5.11 Å². The molecule has 0 heterocycles. The molecular formula is C7H6BrIO. The summed E-state index contributed by atoms with van der Waals surface area (Å²) in [5.41, 5.74) is 0.639. The number of aliphatic hydroxyl groups is 1. The molecule has 3 heteroatoms. The Labute approximate surface area is 83.1 Å². The molecule has 1 aromatic carbocycles. The van der Waals surface area contributed by atoms with E-state index >= 15 is 0 Å². The van der Waals surface area contributed by atoms with Gasteiger partial charge >= 0.3 is 0 Å². The van der Waals surface area contributed by atoms with Crippen LogP contribution in [0.2, 0.25) is 0 Å². The number of hydrogen-bond donors (Lipinski definition) is 1. The van der Waals surface area contributed by atoms with Crippen LogP contribution in [-0.2, 0) is 6.58 Å². The molecule has 0 aliphatic carbocycles. The summed E-state index contributed by atoms with van der Waals surface area (Å²) in [6, 6.07) is 5.49. The fourth-order valence-electron chi connectivity index (χ4n) is 0.614. The van der Waals surface area contributed by atoms with Gasteiger partial charge in [0.2, 0.25) is 0 Å². The Balaban J connectivity index is 3.13. The lowest BCUT2D eigenvalue weighted by Gasteiger charge is -1.99. The molecule has 1 atom stereocenters. The quantitative estimate of drug-likeness (QED) is 0.790. The number of benzene rings is 1. The van der Waals surface area contributed by atoms with Crippen LogP contribution >= 0.6 is 38.5 Å². The van der Waals surface area contributed by atoms with Crippen LogP contribution in [0.15, 0.2) is 22.7 Å². The van der Waals surface area contributed by atoms with Crippen LogP contribution in [0.4, 0.5) is 0 Å². The average molecular weight is 314 g/mol. The summed E-state index contributed by atoms with van der Waals surface area (Å²) >= 11 is 5.36. The maximum atomic E-state index is 8.97. The summed E-state index contributed by atoms with van der Waals surface area (Å²) in [6.07, 6.45) is 0. The van der Waals surface area contributed by atoms with Gasteiger partial charge in [0, 0.05) is 8.04 Å². The van der Waals surface area contributed by atoms with Crippen molar-refractivity contribution in [3.05, 3.63) is 31.8 Å². The zero-order chi connectivity index (χ0) is 8.43. The highest BCUT2D eigenvalue weighted by atomic mass is 127. The molecule has 0 saturated heterocycles. The van der Waals surface area contributed by atoms with Gasteiger partial charge in [0.15, 0.2) is 0 Å². The minimum atomic E-state index is -1.14. The van der Waals surface area contributed by atoms with E-state index in [-0.39, 0.29) is 0 Å². The Hall–Kier alpha value is 0.390. The highest BCUT2D eigenvalue weighted by molar-refractivity contribution is 14.1. The Kier molecular flexibility index (Phi) is 2.60. The largest absolute Gasteiger partial charge is 0.392 e. The second-order valence-electron chi connectivity index (χ2n) is 1.79. The third-order valence-electron chi connectivity index (χ3n) is 1.10. The number of aliphatic hydroxyl groups excluding tert-OH is 1. The monoisotopic (exact) mass is 313 g/mol. The normalized spacial score (nSPS) is 14.5. The molecule has 0 amide bonds. The van der Waals surface area contributed by atoms with E-state index in [1.807, 2.05) is 12.1 Å². The summed E-state index contributed by atoms with van der Waals surface area (Å²) in [7, 11) is 0. The maximum absolute atomic E-state index is 8.97. The van der Waals surface area contributed by atoms with Crippen LogP contribution in [0.1, 0.15) is 6.93 Å². The van der Waals surface area contributed by atoms with E-state index in [0.29, 0.717) is 5.56 Å². The summed E-state index contributed by atoms with van der Waals surface area (Å²) in [5, 5.41) is 8.97. The molecule has 1 N–H and O–H groups in total. The predicted molar refractivity (Wildman–Crippen MR) is 52.8 cm³/mol. The summed E-state index contributed by atoms with van der Waals surface area (Å²) < 4.78 is 8.88. The van der Waals surface area contributed by atoms with Crippen molar-refractivity contribution in [3.8, 4) is 0 Å². The number of halogens is 2. The van der Waals surface area contributed by atoms with Crippen LogP contribution in [0.25, 0.3) is 0 Å². The van der Waals surface area contributed by atoms with Gasteiger partial charge in [0.1, 0.15) is 0 Å². The SMILES string of the molecule is [2H]C(O)c1cc(Br)ccc1I. The topological polar surface area (TPSA) is 20.2 Å². The van der Waals surface area contributed by atoms with Crippen molar-refractivity contribution in [1.29, 1.82) is 0 Å². The molecule has 1 unspecified atom stereocenters. The standard InChI is InChI=1S/C7H6BrIO/c8-6-1-2-7(9)5(3-6)4-10/h1-3,10H,4H2/i4D. The number of rotatable bonds is 1. The molecular weight excluding hydrogens is 307 g/mol. The third kappa shape index (κ3) is 1.93. The minimum absolute atomic E-state index is 0.639. The van der Waals surface area contributed by atoms with E-state index in [1.165, 1.54) is 0 Å². The number of hydrogen-bond acceptors (Lipinski definition) is 1. The van der Waals surface area contributed by atoms with Gasteiger partial charge in [-0.3, -0.25) is 0 Å². The van der Waals surface area contributed by atoms with E-state index in [4.69, 9.17) is 6.48 Å². The van der Waals surface area contributed by atoms with Gasteiger partial charge in [-0.25, -0.2) is 0 Å². The van der Waals surface area contributed by atoms with E-state index in [9.17, 15) is 0 Å². The van der Waals surface area contributed by atoms with Crippen LogP contribution in [0.3, 0.4) is 0 Å². The maximum Gasteiger partial charge on any atom is 0.0692 e. The highest BCUT2D eigenvalue weighted by Crippen LogP contribution is 2.17. The summed E-state index contributed by atoms with van der Waals surface area (Å²) in [6.45, 7) is -1.14. The third-order valence-corrected chi connectivity index (χ3v) is 2.57. The molecule has 1 nitrogen and oxygen atoms in total. The molecule has 0 aliphatic heterocycles. The first-order valence-electron chi connectivity index (χ1n) is 3.24. The molecule has 0 spiro atoms. The smallest absolute Gasteiger partial charge is 0.0692 e. The van der Waals surface area contributed by atoms with Gasteiger partial charge in [0.05, 0.1) is 7.95 Å². The van der Waals surface area contributed by atoms with Gasteiger partial charge in [-0.05, 0) is 46.4 Å². The molecule has 10 heavy (non-hydrogen) atoms. The predicted octanol–water partition coefficient (Wildman–Crippen LogP) is 2.55. The lowest BCUT2D eigenvalue weighted by molar-refractivity contribution is 0.281. The van der Waals surface area contributed by atoms with Crippen LogP contribution in [0, 0.1) is 3.57 Å². The van der Waals surface area contributed by atoms with Crippen molar-refractivity contribution in [1.82, 2.24) is 0 Å². The average Bonchev–Trinajstić information content (AvgIpc) is 1.94. The van der Waals surface area contributed by atoms with Crippen molar-refractivity contribution in [2.45, 2.75) is 6.58 Å². The summed E-state index contributed by atoms with van der Waals surface area (Å²) in [4.78, 5) is 0. The molecule has 0 radical (unpaired) electrons. The van der Waals surface area contributed by atoms with E-state index in [2.05, 4.69) is 38.5 Å². The molecule has 0 aliphatic rings. The van der Waals surface area contributed by atoms with Gasteiger partial charge < -0.3 is 5.11 Å². The van der Waals surface area contributed by atoms with Crippen molar-refractivity contribution in [3.63, 3.8) is 0 Å². The van der Waals surface area contributed by atoms with Gasteiger partial charge in [-0.2, -0.15) is 0 Å². The van der Waals surface area contributed by atoms with E-state index in [0.717, 1.165) is 8.04 Å². The molecule has 0 fully saturated rings. The van der Waals surface area contributed by atoms with E-state index in [1.54, 1.807) is 6.07 Å². The van der Waals surface area contributed by atoms with Crippen LogP contribution in [0.5, 0.6) is 0 Å². The lowest BCUT2D eigenvalue weighted by atomic mass is 10.2. The Bertz CT molecular complexity index is 265.